The van der Waals surface area contributed by atoms with E-state index in [4.69, 9.17) is 13.8 Å². The van der Waals surface area contributed by atoms with Crippen molar-refractivity contribution in [3.05, 3.63) is 11.3 Å². The molecule has 0 aromatic rings. The first-order valence-electron chi connectivity index (χ1n) is 5.68. The van der Waals surface area contributed by atoms with E-state index in [0.717, 1.165) is 0 Å². The SMILES string of the molecule is CCOC(C=O)=C(C)CP(=O)(OCC)OCC. The van der Waals surface area contributed by atoms with E-state index < -0.39 is 7.60 Å². The second kappa shape index (κ2) is 8.45. The zero-order valence-corrected chi connectivity index (χ0v) is 11.8. The molecule has 0 heterocycles. The molecule has 0 spiro atoms. The predicted octanol–water partition coefficient (Wildman–Crippen LogP) is 2.76. The van der Waals surface area contributed by atoms with E-state index in [9.17, 15) is 9.36 Å². The molecule has 0 bridgehead atoms. The molecule has 0 aliphatic carbocycles. The molecule has 5 nitrogen and oxygen atoms in total. The van der Waals surface area contributed by atoms with Gasteiger partial charge in [-0.15, -0.1) is 0 Å². The first kappa shape index (κ1) is 16.4. The van der Waals surface area contributed by atoms with Crippen LogP contribution in [-0.4, -0.2) is 32.3 Å². The summed E-state index contributed by atoms with van der Waals surface area (Å²) in [7, 11) is -3.16. The average molecular weight is 264 g/mol. The Morgan fingerprint density at radius 1 is 1.12 bits per heavy atom. The fourth-order valence-electron chi connectivity index (χ4n) is 1.30. The van der Waals surface area contributed by atoms with Gasteiger partial charge in [0.1, 0.15) is 0 Å². The van der Waals surface area contributed by atoms with Crippen LogP contribution in [0.25, 0.3) is 0 Å². The van der Waals surface area contributed by atoms with Gasteiger partial charge >= 0.3 is 7.60 Å². The molecule has 0 radical (unpaired) electrons. The molecule has 0 aromatic heterocycles. The summed E-state index contributed by atoms with van der Waals surface area (Å²) in [5, 5.41) is 0. The Morgan fingerprint density at radius 2 is 1.65 bits per heavy atom. The van der Waals surface area contributed by atoms with Crippen molar-refractivity contribution in [2.45, 2.75) is 27.7 Å². The molecule has 0 saturated carbocycles. The fourth-order valence-corrected chi connectivity index (χ4v) is 3.08. The Labute approximate surface area is 103 Å². The number of hydrogen-bond acceptors (Lipinski definition) is 5. The van der Waals surface area contributed by atoms with Gasteiger partial charge in [0.05, 0.1) is 26.0 Å². The fraction of sp³-hybridized carbons (Fsp3) is 0.727. The van der Waals surface area contributed by atoms with E-state index in [-0.39, 0.29) is 11.9 Å². The van der Waals surface area contributed by atoms with E-state index in [1.807, 2.05) is 0 Å². The van der Waals surface area contributed by atoms with Crippen molar-refractivity contribution in [1.82, 2.24) is 0 Å². The highest BCUT2D eigenvalue weighted by molar-refractivity contribution is 7.54. The van der Waals surface area contributed by atoms with Crippen LogP contribution in [0.5, 0.6) is 0 Å². The zero-order valence-electron chi connectivity index (χ0n) is 10.9. The number of carbonyl (C=O) groups is 1. The first-order chi connectivity index (χ1) is 8.02. The minimum atomic E-state index is -3.16. The highest BCUT2D eigenvalue weighted by Gasteiger charge is 2.25. The Balaban J connectivity index is 4.85. The molecule has 0 aromatic carbocycles. The Morgan fingerprint density at radius 3 is 2.00 bits per heavy atom. The Bertz CT molecular complexity index is 301. The van der Waals surface area contributed by atoms with Crippen LogP contribution < -0.4 is 0 Å². The van der Waals surface area contributed by atoms with Crippen molar-refractivity contribution in [2.24, 2.45) is 0 Å². The topological polar surface area (TPSA) is 61.8 Å². The zero-order chi connectivity index (χ0) is 13.3. The lowest BCUT2D eigenvalue weighted by atomic mass is 10.3. The summed E-state index contributed by atoms with van der Waals surface area (Å²) in [4.78, 5) is 10.8. The van der Waals surface area contributed by atoms with Crippen LogP contribution >= 0.6 is 7.60 Å². The Hall–Kier alpha value is -0.640. The van der Waals surface area contributed by atoms with E-state index in [0.29, 0.717) is 31.7 Å². The number of hydrogen-bond donors (Lipinski definition) is 0. The molecule has 17 heavy (non-hydrogen) atoms. The quantitative estimate of drug-likeness (QED) is 0.277. The van der Waals surface area contributed by atoms with Crippen molar-refractivity contribution in [2.75, 3.05) is 26.0 Å². The third-order valence-corrected chi connectivity index (χ3v) is 4.07. The summed E-state index contributed by atoms with van der Waals surface area (Å²) in [5.74, 6) is 0.201. The van der Waals surface area contributed by atoms with Crippen LogP contribution in [0.15, 0.2) is 11.3 Å². The van der Waals surface area contributed by atoms with Gasteiger partial charge in [0.2, 0.25) is 0 Å². The van der Waals surface area contributed by atoms with Gasteiger partial charge in [0.15, 0.2) is 12.0 Å². The normalized spacial score (nSPS) is 13.2. The van der Waals surface area contributed by atoms with Crippen LogP contribution in [0.1, 0.15) is 27.7 Å². The lowest BCUT2D eigenvalue weighted by Gasteiger charge is -2.18. The molecule has 0 saturated heterocycles. The van der Waals surface area contributed by atoms with Crippen molar-refractivity contribution < 1.29 is 23.1 Å². The van der Waals surface area contributed by atoms with Crippen LogP contribution in [0.4, 0.5) is 0 Å². The number of rotatable bonds is 9. The number of allylic oxidation sites excluding steroid dienone is 2. The lowest BCUT2D eigenvalue weighted by Crippen LogP contribution is -2.05. The summed E-state index contributed by atoms with van der Waals surface area (Å²) >= 11 is 0. The first-order valence-corrected chi connectivity index (χ1v) is 7.41. The van der Waals surface area contributed by atoms with Gasteiger partial charge in [-0.1, -0.05) is 0 Å². The van der Waals surface area contributed by atoms with E-state index >= 15 is 0 Å². The van der Waals surface area contributed by atoms with Gasteiger partial charge in [-0.25, -0.2) is 0 Å². The number of ether oxygens (including phenoxy) is 1. The lowest BCUT2D eigenvalue weighted by molar-refractivity contribution is -0.107. The highest BCUT2D eigenvalue weighted by atomic mass is 31.2. The predicted molar refractivity (Wildman–Crippen MR) is 66.1 cm³/mol. The molecule has 0 aliphatic rings. The standard InChI is InChI=1S/C11H21O5P/c1-5-14-11(8-12)10(4)9-17(13,15-6-2)16-7-3/h8H,5-7,9H2,1-4H3. The minimum absolute atomic E-state index is 0.0722. The van der Waals surface area contributed by atoms with Crippen molar-refractivity contribution in [3.8, 4) is 0 Å². The summed E-state index contributed by atoms with van der Waals surface area (Å²) in [5.41, 5.74) is 0.576. The third-order valence-electron chi connectivity index (χ3n) is 1.91. The summed E-state index contributed by atoms with van der Waals surface area (Å²) in [6.07, 6.45) is 0.684. The second-order valence-electron chi connectivity index (χ2n) is 3.30. The van der Waals surface area contributed by atoms with Gasteiger partial charge in [0.25, 0.3) is 0 Å². The smallest absolute Gasteiger partial charge is 0.334 e. The van der Waals surface area contributed by atoms with Crippen LogP contribution in [-0.2, 0) is 23.1 Å². The molecule has 0 fully saturated rings. The molecule has 0 aliphatic heterocycles. The van der Waals surface area contributed by atoms with Crippen LogP contribution in [0.2, 0.25) is 0 Å². The average Bonchev–Trinajstić information content (AvgIpc) is 2.25. The molecular weight excluding hydrogens is 243 g/mol. The van der Waals surface area contributed by atoms with E-state index in [1.54, 1.807) is 27.7 Å². The number of aldehydes is 1. The van der Waals surface area contributed by atoms with Crippen molar-refractivity contribution in [3.63, 3.8) is 0 Å². The van der Waals surface area contributed by atoms with Gasteiger partial charge in [0, 0.05) is 0 Å². The van der Waals surface area contributed by atoms with Gasteiger partial charge < -0.3 is 13.8 Å². The number of carbonyl (C=O) groups excluding carboxylic acids is 1. The monoisotopic (exact) mass is 264 g/mol. The van der Waals surface area contributed by atoms with Crippen molar-refractivity contribution in [1.29, 1.82) is 0 Å². The summed E-state index contributed by atoms with van der Waals surface area (Å²) in [6.45, 7) is 7.94. The van der Waals surface area contributed by atoms with E-state index in [2.05, 4.69) is 0 Å². The molecule has 6 heteroatoms. The van der Waals surface area contributed by atoms with Crippen molar-refractivity contribution >= 4 is 13.9 Å². The molecule has 0 atom stereocenters. The largest absolute Gasteiger partial charge is 0.490 e. The maximum atomic E-state index is 12.2. The van der Waals surface area contributed by atoms with Gasteiger partial charge in [-0.05, 0) is 33.3 Å². The molecule has 100 valence electrons. The maximum absolute atomic E-state index is 12.2. The minimum Gasteiger partial charge on any atom is -0.490 e. The van der Waals surface area contributed by atoms with E-state index in [1.165, 1.54) is 0 Å². The van der Waals surface area contributed by atoms with Crippen LogP contribution in [0.3, 0.4) is 0 Å². The summed E-state index contributed by atoms with van der Waals surface area (Å²) in [6, 6.07) is 0. The summed E-state index contributed by atoms with van der Waals surface area (Å²) < 4.78 is 27.6. The molecule has 0 amide bonds. The molecule has 0 rings (SSSR count). The Kier molecular flexibility index (Phi) is 8.13. The van der Waals surface area contributed by atoms with Gasteiger partial charge in [-0.3, -0.25) is 9.36 Å². The molecule has 0 N–H and O–H groups in total. The maximum Gasteiger partial charge on any atom is 0.334 e. The molecular formula is C11H21O5P. The second-order valence-corrected chi connectivity index (χ2v) is 5.35. The third kappa shape index (κ3) is 6.01. The van der Waals surface area contributed by atoms with Crippen LogP contribution in [0, 0.1) is 0 Å². The van der Waals surface area contributed by atoms with Gasteiger partial charge in [-0.2, -0.15) is 0 Å². The molecule has 0 unspecified atom stereocenters. The highest BCUT2D eigenvalue weighted by Crippen LogP contribution is 2.49.